The van der Waals surface area contributed by atoms with Gasteiger partial charge in [-0.3, -0.25) is 0 Å². The SMILES string of the molecule is CCCCCC(C)(CN)NCC1CC1C. The van der Waals surface area contributed by atoms with E-state index in [1.807, 2.05) is 0 Å². The largest absolute Gasteiger partial charge is 0.329 e. The van der Waals surface area contributed by atoms with E-state index < -0.39 is 0 Å². The van der Waals surface area contributed by atoms with Crippen LogP contribution in [0.1, 0.15) is 52.9 Å². The number of hydrogen-bond donors (Lipinski definition) is 2. The molecule has 1 aliphatic rings. The summed E-state index contributed by atoms with van der Waals surface area (Å²) >= 11 is 0. The van der Waals surface area contributed by atoms with E-state index in [0.29, 0.717) is 0 Å². The van der Waals surface area contributed by atoms with Crippen LogP contribution in [0, 0.1) is 11.8 Å². The molecule has 1 saturated carbocycles. The third-order valence-electron chi connectivity index (χ3n) is 3.85. The second-order valence-electron chi connectivity index (χ2n) is 5.58. The van der Waals surface area contributed by atoms with Gasteiger partial charge in [0.1, 0.15) is 0 Å². The number of nitrogens with one attached hydrogen (secondary N) is 1. The highest BCUT2D eigenvalue weighted by molar-refractivity contribution is 4.90. The molecule has 3 N–H and O–H groups in total. The lowest BCUT2D eigenvalue weighted by Crippen LogP contribution is -2.49. The highest BCUT2D eigenvalue weighted by atomic mass is 15.0. The van der Waals surface area contributed by atoms with Gasteiger partial charge in [-0.2, -0.15) is 0 Å². The van der Waals surface area contributed by atoms with Crippen molar-refractivity contribution in [3.8, 4) is 0 Å². The van der Waals surface area contributed by atoms with Crippen LogP contribution in [-0.2, 0) is 0 Å². The van der Waals surface area contributed by atoms with E-state index in [2.05, 4.69) is 26.1 Å². The molecule has 2 heteroatoms. The first-order valence-corrected chi connectivity index (χ1v) is 6.56. The third kappa shape index (κ3) is 4.52. The van der Waals surface area contributed by atoms with Crippen LogP contribution in [0.25, 0.3) is 0 Å². The van der Waals surface area contributed by atoms with Gasteiger partial charge in [-0.25, -0.2) is 0 Å². The molecular weight excluding hydrogens is 184 g/mol. The second kappa shape index (κ2) is 5.86. The van der Waals surface area contributed by atoms with E-state index in [1.54, 1.807) is 0 Å². The van der Waals surface area contributed by atoms with Crippen molar-refractivity contribution in [3.63, 3.8) is 0 Å². The lowest BCUT2D eigenvalue weighted by atomic mass is 9.94. The molecular formula is C13H28N2. The molecule has 2 nitrogen and oxygen atoms in total. The van der Waals surface area contributed by atoms with Crippen LogP contribution in [0.5, 0.6) is 0 Å². The van der Waals surface area contributed by atoms with Gasteiger partial charge in [0.25, 0.3) is 0 Å². The molecule has 0 aliphatic heterocycles. The fourth-order valence-electron chi connectivity index (χ4n) is 2.09. The maximum Gasteiger partial charge on any atom is 0.0275 e. The molecule has 0 amide bonds. The summed E-state index contributed by atoms with van der Waals surface area (Å²) in [5.41, 5.74) is 6.05. The molecule has 1 aliphatic carbocycles. The molecule has 0 heterocycles. The van der Waals surface area contributed by atoms with Crippen molar-refractivity contribution >= 4 is 0 Å². The molecule has 0 aromatic carbocycles. The molecule has 1 rings (SSSR count). The van der Waals surface area contributed by atoms with Crippen molar-refractivity contribution in [1.29, 1.82) is 0 Å². The molecule has 0 radical (unpaired) electrons. The van der Waals surface area contributed by atoms with E-state index in [0.717, 1.165) is 18.4 Å². The molecule has 3 atom stereocenters. The smallest absolute Gasteiger partial charge is 0.0275 e. The first-order valence-electron chi connectivity index (χ1n) is 6.56. The van der Waals surface area contributed by atoms with Crippen molar-refractivity contribution in [3.05, 3.63) is 0 Å². The molecule has 0 saturated heterocycles. The number of unbranched alkanes of at least 4 members (excludes halogenated alkanes) is 2. The average molecular weight is 212 g/mol. The minimum atomic E-state index is 0.178. The molecule has 0 aromatic rings. The minimum absolute atomic E-state index is 0.178. The van der Waals surface area contributed by atoms with Crippen molar-refractivity contribution in [2.24, 2.45) is 17.6 Å². The summed E-state index contributed by atoms with van der Waals surface area (Å²) in [4.78, 5) is 0. The Morgan fingerprint density at radius 1 is 1.40 bits per heavy atom. The van der Waals surface area contributed by atoms with Crippen molar-refractivity contribution in [2.75, 3.05) is 13.1 Å². The highest BCUT2D eigenvalue weighted by Crippen LogP contribution is 2.37. The van der Waals surface area contributed by atoms with Gasteiger partial charge in [0.2, 0.25) is 0 Å². The zero-order valence-corrected chi connectivity index (χ0v) is 10.7. The van der Waals surface area contributed by atoms with Crippen LogP contribution in [0.2, 0.25) is 0 Å². The Morgan fingerprint density at radius 2 is 2.07 bits per heavy atom. The Hall–Kier alpha value is -0.0800. The van der Waals surface area contributed by atoms with Crippen LogP contribution in [0.4, 0.5) is 0 Å². The lowest BCUT2D eigenvalue weighted by Gasteiger charge is -2.30. The summed E-state index contributed by atoms with van der Waals surface area (Å²) in [5, 5.41) is 3.67. The van der Waals surface area contributed by atoms with E-state index in [4.69, 9.17) is 5.73 Å². The van der Waals surface area contributed by atoms with Gasteiger partial charge < -0.3 is 11.1 Å². The molecule has 90 valence electrons. The van der Waals surface area contributed by atoms with Crippen LogP contribution >= 0.6 is 0 Å². The Balaban J connectivity index is 2.18. The van der Waals surface area contributed by atoms with Gasteiger partial charge in [0, 0.05) is 12.1 Å². The quantitative estimate of drug-likeness (QED) is 0.607. The van der Waals surface area contributed by atoms with Crippen LogP contribution in [0.3, 0.4) is 0 Å². The number of nitrogens with two attached hydrogens (primary N) is 1. The topological polar surface area (TPSA) is 38.0 Å². The molecule has 3 unspecified atom stereocenters. The number of hydrogen-bond acceptors (Lipinski definition) is 2. The van der Waals surface area contributed by atoms with Gasteiger partial charge in [-0.15, -0.1) is 0 Å². The summed E-state index contributed by atoms with van der Waals surface area (Å²) in [6.07, 6.45) is 6.55. The van der Waals surface area contributed by atoms with Gasteiger partial charge in [-0.05, 0) is 38.1 Å². The molecule has 0 bridgehead atoms. The summed E-state index contributed by atoms with van der Waals surface area (Å²) in [7, 11) is 0. The molecule has 0 aromatic heterocycles. The first-order chi connectivity index (χ1) is 7.11. The molecule has 1 fully saturated rings. The maximum atomic E-state index is 5.87. The van der Waals surface area contributed by atoms with Gasteiger partial charge in [0.05, 0.1) is 0 Å². The standard InChI is InChI=1S/C13H28N2/c1-4-5-6-7-13(3,10-14)15-9-12-8-11(12)2/h11-12,15H,4-10,14H2,1-3H3. The predicted molar refractivity (Wildman–Crippen MR) is 66.9 cm³/mol. The third-order valence-corrected chi connectivity index (χ3v) is 3.85. The van der Waals surface area contributed by atoms with Gasteiger partial charge in [0.15, 0.2) is 0 Å². The zero-order chi connectivity index (χ0) is 11.3. The normalized spacial score (nSPS) is 28.8. The molecule has 0 spiro atoms. The minimum Gasteiger partial charge on any atom is -0.329 e. The Morgan fingerprint density at radius 3 is 2.53 bits per heavy atom. The monoisotopic (exact) mass is 212 g/mol. The lowest BCUT2D eigenvalue weighted by molar-refractivity contribution is 0.320. The van der Waals surface area contributed by atoms with Gasteiger partial charge in [-0.1, -0.05) is 33.1 Å². The van der Waals surface area contributed by atoms with E-state index in [9.17, 15) is 0 Å². The first kappa shape index (κ1) is 13.0. The fourth-order valence-corrected chi connectivity index (χ4v) is 2.09. The summed E-state index contributed by atoms with van der Waals surface area (Å²) in [6.45, 7) is 8.79. The predicted octanol–water partition coefficient (Wildman–Crippen LogP) is 2.53. The highest BCUT2D eigenvalue weighted by Gasteiger charge is 2.34. The van der Waals surface area contributed by atoms with Crippen LogP contribution in [-0.4, -0.2) is 18.6 Å². The van der Waals surface area contributed by atoms with Gasteiger partial charge >= 0.3 is 0 Å². The Bertz CT molecular complexity index is 181. The van der Waals surface area contributed by atoms with Crippen molar-refractivity contribution in [1.82, 2.24) is 5.32 Å². The average Bonchev–Trinajstić information content (AvgIpc) is 2.92. The fraction of sp³-hybridized carbons (Fsp3) is 1.00. The van der Waals surface area contributed by atoms with Crippen molar-refractivity contribution in [2.45, 2.75) is 58.4 Å². The summed E-state index contributed by atoms with van der Waals surface area (Å²) in [5.74, 6) is 1.86. The zero-order valence-electron chi connectivity index (χ0n) is 10.7. The van der Waals surface area contributed by atoms with E-state index in [1.165, 1.54) is 38.6 Å². The second-order valence-corrected chi connectivity index (χ2v) is 5.58. The summed E-state index contributed by atoms with van der Waals surface area (Å²) < 4.78 is 0. The van der Waals surface area contributed by atoms with E-state index in [-0.39, 0.29) is 5.54 Å². The van der Waals surface area contributed by atoms with Crippen molar-refractivity contribution < 1.29 is 0 Å². The number of rotatable bonds is 8. The van der Waals surface area contributed by atoms with Crippen LogP contribution in [0.15, 0.2) is 0 Å². The van der Waals surface area contributed by atoms with E-state index >= 15 is 0 Å². The molecule has 15 heavy (non-hydrogen) atoms. The van der Waals surface area contributed by atoms with Crippen LogP contribution < -0.4 is 11.1 Å². The summed E-state index contributed by atoms with van der Waals surface area (Å²) in [6, 6.07) is 0. The Labute approximate surface area is 95.0 Å². The maximum absolute atomic E-state index is 5.87. The Kier molecular flexibility index (Phi) is 5.07.